The summed E-state index contributed by atoms with van der Waals surface area (Å²) in [5, 5.41) is 3.50. The molecule has 0 unspecified atom stereocenters. The molecule has 3 nitrogen and oxygen atoms in total. The van der Waals surface area contributed by atoms with Crippen molar-refractivity contribution in [3.8, 4) is 0 Å². The number of nitrogens with zero attached hydrogens (tertiary/aromatic N) is 1. The zero-order valence-electron chi connectivity index (χ0n) is 13.6. The molecule has 2 heterocycles. The van der Waals surface area contributed by atoms with E-state index in [9.17, 15) is 0 Å². The molecule has 1 saturated carbocycles. The Morgan fingerprint density at radius 1 is 1.24 bits per heavy atom. The average Bonchev–Trinajstić information content (AvgIpc) is 3.16. The average molecular weight is 288 g/mol. The van der Waals surface area contributed by atoms with Gasteiger partial charge >= 0.3 is 0 Å². The summed E-state index contributed by atoms with van der Waals surface area (Å²) in [7, 11) is 0. The van der Waals surface area contributed by atoms with Crippen molar-refractivity contribution in [1.82, 2.24) is 10.2 Å². The van der Waals surface area contributed by atoms with Crippen LogP contribution in [0.25, 0.3) is 0 Å². The van der Waals surface area contributed by atoms with E-state index in [1.807, 2.05) is 0 Å². The second kappa shape index (κ2) is 5.98. The van der Waals surface area contributed by atoms with Crippen LogP contribution in [0, 0.1) is 5.41 Å². The fourth-order valence-corrected chi connectivity index (χ4v) is 2.89. The molecule has 1 fully saturated rings. The van der Waals surface area contributed by atoms with Crippen LogP contribution >= 0.6 is 0 Å². The minimum absolute atomic E-state index is 0.318. The Kier molecular flexibility index (Phi) is 4.23. The molecular weight excluding hydrogens is 260 g/mol. The summed E-state index contributed by atoms with van der Waals surface area (Å²) in [6.45, 7) is 10.9. The van der Waals surface area contributed by atoms with Gasteiger partial charge < -0.3 is 9.73 Å². The molecule has 3 rings (SSSR count). The van der Waals surface area contributed by atoms with Gasteiger partial charge in [0.25, 0.3) is 0 Å². The fourth-order valence-electron chi connectivity index (χ4n) is 2.89. The van der Waals surface area contributed by atoms with Crippen molar-refractivity contribution in [3.63, 3.8) is 0 Å². The summed E-state index contributed by atoms with van der Waals surface area (Å²) >= 11 is 0. The van der Waals surface area contributed by atoms with Crippen LogP contribution in [-0.2, 0) is 13.1 Å². The molecule has 21 heavy (non-hydrogen) atoms. The molecule has 1 aromatic heterocycles. The molecule has 116 valence electrons. The standard InChI is InChI=1S/C18H28N2O/c1-18(2,3)14-8-10-20(11-9-14)13-17-7-6-16(21-17)12-19-15-4-5-15/h6-8,15,19H,4-5,9-13H2,1-3H3. The first-order chi connectivity index (χ1) is 10.0. The van der Waals surface area contributed by atoms with Crippen LogP contribution in [0.5, 0.6) is 0 Å². The van der Waals surface area contributed by atoms with Crippen LogP contribution < -0.4 is 5.32 Å². The molecule has 1 aliphatic heterocycles. The predicted molar refractivity (Wildman–Crippen MR) is 86.0 cm³/mol. The number of hydrogen-bond donors (Lipinski definition) is 1. The van der Waals surface area contributed by atoms with Crippen LogP contribution in [-0.4, -0.2) is 24.0 Å². The highest BCUT2D eigenvalue weighted by atomic mass is 16.3. The minimum atomic E-state index is 0.318. The van der Waals surface area contributed by atoms with Gasteiger partial charge in [0.15, 0.2) is 0 Å². The van der Waals surface area contributed by atoms with Crippen LogP contribution in [0.15, 0.2) is 28.2 Å². The van der Waals surface area contributed by atoms with Crippen molar-refractivity contribution in [2.45, 2.75) is 59.2 Å². The van der Waals surface area contributed by atoms with Crippen LogP contribution in [0.4, 0.5) is 0 Å². The highest BCUT2D eigenvalue weighted by Crippen LogP contribution is 2.30. The Morgan fingerprint density at radius 3 is 2.62 bits per heavy atom. The second-order valence-electron chi connectivity index (χ2n) is 7.49. The Labute approximate surface area is 128 Å². The van der Waals surface area contributed by atoms with Crippen molar-refractivity contribution in [2.75, 3.05) is 13.1 Å². The van der Waals surface area contributed by atoms with Gasteiger partial charge in [0, 0.05) is 19.1 Å². The Morgan fingerprint density at radius 2 is 2.00 bits per heavy atom. The minimum Gasteiger partial charge on any atom is -0.463 e. The summed E-state index contributed by atoms with van der Waals surface area (Å²) < 4.78 is 5.93. The van der Waals surface area contributed by atoms with Gasteiger partial charge in [-0.05, 0) is 36.8 Å². The van der Waals surface area contributed by atoms with Crippen molar-refractivity contribution < 1.29 is 4.42 Å². The van der Waals surface area contributed by atoms with Gasteiger partial charge in [0.1, 0.15) is 11.5 Å². The molecule has 1 aromatic rings. The molecule has 0 radical (unpaired) electrons. The largest absolute Gasteiger partial charge is 0.463 e. The third-order valence-electron chi connectivity index (χ3n) is 4.50. The maximum atomic E-state index is 5.93. The van der Waals surface area contributed by atoms with Crippen LogP contribution in [0.2, 0.25) is 0 Å². The zero-order valence-corrected chi connectivity index (χ0v) is 13.6. The van der Waals surface area contributed by atoms with Gasteiger partial charge in [-0.1, -0.05) is 32.4 Å². The zero-order chi connectivity index (χ0) is 14.9. The van der Waals surface area contributed by atoms with Gasteiger partial charge in [0.05, 0.1) is 13.1 Å². The third kappa shape index (κ3) is 4.21. The molecule has 0 spiro atoms. The maximum absolute atomic E-state index is 5.93. The highest BCUT2D eigenvalue weighted by Gasteiger charge is 2.22. The van der Waals surface area contributed by atoms with E-state index in [-0.39, 0.29) is 0 Å². The predicted octanol–water partition coefficient (Wildman–Crippen LogP) is 3.71. The van der Waals surface area contributed by atoms with Crippen molar-refractivity contribution in [1.29, 1.82) is 0 Å². The molecule has 2 aliphatic rings. The molecule has 0 bridgehead atoms. The SMILES string of the molecule is CC(C)(C)C1=CCN(Cc2ccc(CNC3CC3)o2)CC1. The molecule has 0 atom stereocenters. The van der Waals surface area contributed by atoms with Crippen molar-refractivity contribution in [3.05, 3.63) is 35.3 Å². The molecule has 0 saturated heterocycles. The Hall–Kier alpha value is -1.06. The van der Waals surface area contributed by atoms with E-state index >= 15 is 0 Å². The monoisotopic (exact) mass is 288 g/mol. The van der Waals surface area contributed by atoms with Crippen LogP contribution in [0.1, 0.15) is 51.6 Å². The molecule has 1 N–H and O–H groups in total. The van der Waals surface area contributed by atoms with Crippen molar-refractivity contribution >= 4 is 0 Å². The maximum Gasteiger partial charge on any atom is 0.118 e. The van der Waals surface area contributed by atoms with Crippen molar-refractivity contribution in [2.24, 2.45) is 5.41 Å². The number of rotatable bonds is 5. The highest BCUT2D eigenvalue weighted by molar-refractivity contribution is 5.15. The first kappa shape index (κ1) is 14.9. The number of hydrogen-bond acceptors (Lipinski definition) is 3. The van der Waals surface area contributed by atoms with Gasteiger partial charge in [-0.2, -0.15) is 0 Å². The summed E-state index contributed by atoms with van der Waals surface area (Å²) in [4.78, 5) is 2.46. The first-order valence-corrected chi connectivity index (χ1v) is 8.23. The van der Waals surface area contributed by atoms with Gasteiger partial charge in [-0.3, -0.25) is 4.90 Å². The van der Waals surface area contributed by atoms with E-state index in [0.717, 1.165) is 43.7 Å². The lowest BCUT2D eigenvalue weighted by molar-refractivity contribution is 0.247. The molecular formula is C18H28N2O. The lowest BCUT2D eigenvalue weighted by Crippen LogP contribution is -2.30. The number of nitrogens with one attached hydrogen (secondary N) is 1. The molecule has 1 aliphatic carbocycles. The summed E-state index contributed by atoms with van der Waals surface area (Å²) in [6.07, 6.45) is 6.23. The quantitative estimate of drug-likeness (QED) is 0.837. The number of furan rings is 1. The van der Waals surface area contributed by atoms with E-state index in [1.165, 1.54) is 19.3 Å². The van der Waals surface area contributed by atoms with E-state index in [4.69, 9.17) is 4.42 Å². The smallest absolute Gasteiger partial charge is 0.118 e. The first-order valence-electron chi connectivity index (χ1n) is 8.23. The summed E-state index contributed by atoms with van der Waals surface area (Å²) in [5.41, 5.74) is 1.91. The van der Waals surface area contributed by atoms with E-state index < -0.39 is 0 Å². The fraction of sp³-hybridized carbons (Fsp3) is 0.667. The topological polar surface area (TPSA) is 28.4 Å². The molecule has 3 heteroatoms. The van der Waals surface area contributed by atoms with E-state index in [1.54, 1.807) is 5.57 Å². The molecule has 0 aromatic carbocycles. The van der Waals surface area contributed by atoms with Gasteiger partial charge in [0.2, 0.25) is 0 Å². The second-order valence-corrected chi connectivity index (χ2v) is 7.49. The summed E-state index contributed by atoms with van der Waals surface area (Å²) in [6, 6.07) is 4.99. The lowest BCUT2D eigenvalue weighted by Gasteiger charge is -2.31. The van der Waals surface area contributed by atoms with E-state index in [2.05, 4.69) is 49.2 Å². The normalized spacial score (nSPS) is 20.6. The molecule has 0 amide bonds. The van der Waals surface area contributed by atoms with Gasteiger partial charge in [-0.15, -0.1) is 0 Å². The Balaban J connectivity index is 1.49. The van der Waals surface area contributed by atoms with E-state index in [0.29, 0.717) is 5.41 Å². The summed E-state index contributed by atoms with van der Waals surface area (Å²) in [5.74, 6) is 2.16. The van der Waals surface area contributed by atoms with Gasteiger partial charge in [-0.25, -0.2) is 0 Å². The third-order valence-corrected chi connectivity index (χ3v) is 4.50. The Bertz CT molecular complexity index is 506. The van der Waals surface area contributed by atoms with Crippen LogP contribution in [0.3, 0.4) is 0 Å². The lowest BCUT2D eigenvalue weighted by atomic mass is 9.83.